The summed E-state index contributed by atoms with van der Waals surface area (Å²) in [5.41, 5.74) is 3.48. The zero-order valence-electron chi connectivity index (χ0n) is 18.4. The number of hydrogen-bond acceptors (Lipinski definition) is 4. The summed E-state index contributed by atoms with van der Waals surface area (Å²) in [5, 5.41) is 2.63. The van der Waals surface area contributed by atoms with Gasteiger partial charge in [0.1, 0.15) is 17.9 Å². The molecule has 1 aliphatic heterocycles. The highest BCUT2D eigenvalue weighted by atomic mass is 79.9. The number of rotatable bonds is 5. The Kier molecular flexibility index (Phi) is 6.86. The van der Waals surface area contributed by atoms with Crippen LogP contribution in [0, 0.1) is 13.8 Å². The van der Waals surface area contributed by atoms with Gasteiger partial charge in [0.25, 0.3) is 11.8 Å². The van der Waals surface area contributed by atoms with Crippen LogP contribution in [0.15, 0.2) is 70.7 Å². The number of urea groups is 1. The summed E-state index contributed by atoms with van der Waals surface area (Å²) >= 11 is 9.60. The maximum absolute atomic E-state index is 13.2. The van der Waals surface area contributed by atoms with E-state index in [1.165, 1.54) is 12.1 Å². The van der Waals surface area contributed by atoms with E-state index in [1.54, 1.807) is 30.3 Å². The van der Waals surface area contributed by atoms with Crippen LogP contribution in [-0.4, -0.2) is 17.8 Å². The Morgan fingerprint density at radius 3 is 2.56 bits per heavy atom. The quantitative estimate of drug-likeness (QED) is 0.320. The van der Waals surface area contributed by atoms with Crippen molar-refractivity contribution in [1.29, 1.82) is 0 Å². The summed E-state index contributed by atoms with van der Waals surface area (Å²) in [4.78, 5) is 39.2. The molecule has 172 valence electrons. The third-order valence-electron chi connectivity index (χ3n) is 5.26. The van der Waals surface area contributed by atoms with E-state index in [9.17, 15) is 14.4 Å². The van der Waals surface area contributed by atoms with Crippen molar-refractivity contribution in [2.75, 3.05) is 4.90 Å². The molecule has 34 heavy (non-hydrogen) atoms. The van der Waals surface area contributed by atoms with Crippen molar-refractivity contribution in [3.05, 3.63) is 98.0 Å². The third-order valence-corrected chi connectivity index (χ3v) is 6.16. The predicted octanol–water partition coefficient (Wildman–Crippen LogP) is 5.96. The van der Waals surface area contributed by atoms with Gasteiger partial charge >= 0.3 is 6.03 Å². The van der Waals surface area contributed by atoms with E-state index in [-0.39, 0.29) is 11.3 Å². The van der Waals surface area contributed by atoms with Gasteiger partial charge in [-0.25, -0.2) is 9.69 Å². The molecule has 0 radical (unpaired) electrons. The SMILES string of the molecule is Cc1cccc(COc2ccc(Br)cc2/C=C2/C(=O)NC(=O)N(c3ccc(C)c(Cl)c3)C2=O)c1. The first-order valence-electron chi connectivity index (χ1n) is 10.4. The van der Waals surface area contributed by atoms with E-state index < -0.39 is 17.8 Å². The molecule has 0 spiro atoms. The number of ether oxygens (including phenoxy) is 1. The molecule has 0 aliphatic carbocycles. The zero-order chi connectivity index (χ0) is 24.4. The van der Waals surface area contributed by atoms with E-state index in [4.69, 9.17) is 16.3 Å². The number of hydrogen-bond donors (Lipinski definition) is 1. The Labute approximate surface area is 210 Å². The number of carbonyl (C=O) groups excluding carboxylic acids is 3. The van der Waals surface area contributed by atoms with Crippen LogP contribution in [0.2, 0.25) is 5.02 Å². The summed E-state index contributed by atoms with van der Waals surface area (Å²) < 4.78 is 6.74. The highest BCUT2D eigenvalue weighted by Gasteiger charge is 2.37. The highest BCUT2D eigenvalue weighted by Crippen LogP contribution is 2.30. The van der Waals surface area contributed by atoms with Crippen molar-refractivity contribution in [2.45, 2.75) is 20.5 Å². The lowest BCUT2D eigenvalue weighted by Crippen LogP contribution is -2.54. The molecule has 0 aromatic heterocycles. The number of nitrogens with one attached hydrogen (secondary N) is 1. The molecule has 3 aromatic rings. The largest absolute Gasteiger partial charge is 0.488 e. The summed E-state index contributed by atoms with van der Waals surface area (Å²) in [6, 6.07) is 17.2. The van der Waals surface area contributed by atoms with Gasteiger partial charge in [-0.05, 0) is 61.4 Å². The molecule has 1 N–H and O–H groups in total. The lowest BCUT2D eigenvalue weighted by Gasteiger charge is -2.26. The van der Waals surface area contributed by atoms with Crippen LogP contribution >= 0.6 is 27.5 Å². The summed E-state index contributed by atoms with van der Waals surface area (Å²) in [6.45, 7) is 4.12. The molecule has 0 atom stereocenters. The van der Waals surface area contributed by atoms with Crippen molar-refractivity contribution in [1.82, 2.24) is 5.32 Å². The molecule has 1 heterocycles. The van der Waals surface area contributed by atoms with Crippen molar-refractivity contribution < 1.29 is 19.1 Å². The first-order valence-corrected chi connectivity index (χ1v) is 11.6. The summed E-state index contributed by atoms with van der Waals surface area (Å²) in [6.07, 6.45) is 1.42. The lowest BCUT2D eigenvalue weighted by molar-refractivity contribution is -0.122. The molecular formula is C26H20BrClN2O4. The maximum Gasteiger partial charge on any atom is 0.335 e. The molecule has 1 fully saturated rings. The van der Waals surface area contributed by atoms with E-state index in [2.05, 4.69) is 21.2 Å². The van der Waals surface area contributed by atoms with Crippen LogP contribution < -0.4 is 15.0 Å². The Hall–Kier alpha value is -3.42. The first-order chi connectivity index (χ1) is 16.2. The average Bonchev–Trinajstić information content (AvgIpc) is 2.78. The molecule has 4 amide bonds. The molecule has 8 heteroatoms. The van der Waals surface area contributed by atoms with Crippen LogP contribution in [0.3, 0.4) is 0 Å². The van der Waals surface area contributed by atoms with Crippen molar-refractivity contribution in [2.24, 2.45) is 0 Å². The second-order valence-corrected chi connectivity index (χ2v) is 9.17. The van der Waals surface area contributed by atoms with E-state index >= 15 is 0 Å². The van der Waals surface area contributed by atoms with Crippen molar-refractivity contribution >= 4 is 57.1 Å². The van der Waals surface area contributed by atoms with Crippen LogP contribution in [0.1, 0.15) is 22.3 Å². The molecule has 0 saturated carbocycles. The standard InChI is InChI=1S/C26H20BrClN2O4/c1-15-4-3-5-17(10-15)14-34-23-9-7-19(27)11-18(23)12-21-24(31)29-26(33)30(25(21)32)20-8-6-16(2)22(28)13-20/h3-13H,14H2,1-2H3,(H,29,31,33)/b21-12-. The molecule has 1 saturated heterocycles. The van der Waals surface area contributed by atoms with Crippen LogP contribution in [0.25, 0.3) is 6.08 Å². The second kappa shape index (κ2) is 9.83. The second-order valence-electron chi connectivity index (χ2n) is 7.85. The van der Waals surface area contributed by atoms with Gasteiger partial charge in [-0.15, -0.1) is 0 Å². The molecular weight excluding hydrogens is 520 g/mol. The van der Waals surface area contributed by atoms with Crippen LogP contribution in [0.5, 0.6) is 5.75 Å². The van der Waals surface area contributed by atoms with E-state index in [1.807, 2.05) is 38.1 Å². The average molecular weight is 540 g/mol. The van der Waals surface area contributed by atoms with Gasteiger partial charge < -0.3 is 4.74 Å². The van der Waals surface area contributed by atoms with Gasteiger partial charge in [0.2, 0.25) is 0 Å². The molecule has 1 aliphatic rings. The number of halogens is 2. The highest BCUT2D eigenvalue weighted by molar-refractivity contribution is 9.10. The van der Waals surface area contributed by atoms with E-state index in [0.29, 0.717) is 22.9 Å². The Morgan fingerprint density at radius 1 is 1.03 bits per heavy atom. The number of anilines is 1. The third kappa shape index (κ3) is 5.05. The number of aryl methyl sites for hydroxylation is 2. The fourth-order valence-corrected chi connectivity index (χ4v) is 4.05. The molecule has 6 nitrogen and oxygen atoms in total. The van der Waals surface area contributed by atoms with Crippen molar-refractivity contribution in [3.8, 4) is 5.75 Å². The normalized spacial score (nSPS) is 15.0. The van der Waals surface area contributed by atoms with Crippen molar-refractivity contribution in [3.63, 3.8) is 0 Å². The molecule has 0 unspecified atom stereocenters. The van der Waals surface area contributed by atoms with E-state index in [0.717, 1.165) is 26.1 Å². The Bertz CT molecular complexity index is 1350. The predicted molar refractivity (Wildman–Crippen MR) is 135 cm³/mol. The smallest absolute Gasteiger partial charge is 0.335 e. The number of imide groups is 2. The molecule has 3 aromatic carbocycles. The topological polar surface area (TPSA) is 75.7 Å². The zero-order valence-corrected chi connectivity index (χ0v) is 20.7. The fraction of sp³-hybridized carbons (Fsp3) is 0.115. The lowest BCUT2D eigenvalue weighted by atomic mass is 10.1. The van der Waals surface area contributed by atoms with Gasteiger partial charge in [-0.2, -0.15) is 0 Å². The van der Waals surface area contributed by atoms with Crippen LogP contribution in [-0.2, 0) is 16.2 Å². The number of nitrogens with zero attached hydrogens (tertiary/aromatic N) is 1. The molecule has 0 bridgehead atoms. The summed E-state index contributed by atoms with van der Waals surface area (Å²) in [5.74, 6) is -1.05. The number of benzene rings is 3. The Balaban J connectivity index is 1.68. The number of barbiturate groups is 1. The number of amides is 4. The molecule has 4 rings (SSSR count). The van der Waals surface area contributed by atoms with Gasteiger partial charge in [0, 0.05) is 15.1 Å². The van der Waals surface area contributed by atoms with Gasteiger partial charge in [-0.1, -0.05) is 63.4 Å². The summed E-state index contributed by atoms with van der Waals surface area (Å²) in [7, 11) is 0. The van der Waals surface area contributed by atoms with Gasteiger partial charge in [-0.3, -0.25) is 14.9 Å². The minimum Gasteiger partial charge on any atom is -0.488 e. The van der Waals surface area contributed by atoms with Crippen LogP contribution in [0.4, 0.5) is 10.5 Å². The van der Waals surface area contributed by atoms with Gasteiger partial charge in [0.15, 0.2) is 0 Å². The minimum atomic E-state index is -0.836. The fourth-order valence-electron chi connectivity index (χ4n) is 3.49. The monoisotopic (exact) mass is 538 g/mol. The first kappa shape index (κ1) is 23.7. The maximum atomic E-state index is 13.2. The van der Waals surface area contributed by atoms with Gasteiger partial charge in [0.05, 0.1) is 5.69 Å². The minimum absolute atomic E-state index is 0.199. The number of carbonyl (C=O) groups is 3. The Morgan fingerprint density at radius 2 is 1.82 bits per heavy atom.